The van der Waals surface area contributed by atoms with Crippen LogP contribution in [0.3, 0.4) is 0 Å². The average Bonchev–Trinajstić information content (AvgIpc) is 3.23. The lowest BCUT2D eigenvalue weighted by atomic mass is 10.2. The van der Waals surface area contributed by atoms with Crippen molar-refractivity contribution < 1.29 is 9.59 Å². The zero-order chi connectivity index (χ0) is 17.8. The van der Waals surface area contributed by atoms with Gasteiger partial charge in [-0.25, -0.2) is 4.98 Å². The molecule has 1 fully saturated rings. The van der Waals surface area contributed by atoms with Gasteiger partial charge in [-0.1, -0.05) is 25.8 Å². The standard InChI is InChI=1S/C19H26N4O2/c1-3-4-6-11-20-19(25)17-15-9-5-7-12-23(15)18(21-17)16-10-8-13-22(16)14(2)24/h5,7,9,12,16H,3-4,6,8,10-11,13H2,1-2H3,(H,20,25). The fourth-order valence-electron chi connectivity index (χ4n) is 3.54. The SMILES string of the molecule is CCCCCNC(=O)c1nc(C2CCCN2C(C)=O)n2ccccc12. The molecule has 25 heavy (non-hydrogen) atoms. The highest BCUT2D eigenvalue weighted by Gasteiger charge is 2.32. The van der Waals surface area contributed by atoms with Gasteiger partial charge in [0.25, 0.3) is 5.91 Å². The monoisotopic (exact) mass is 342 g/mol. The maximum atomic E-state index is 12.6. The number of rotatable bonds is 6. The molecule has 1 aliphatic rings. The molecule has 3 heterocycles. The summed E-state index contributed by atoms with van der Waals surface area (Å²) < 4.78 is 1.95. The Morgan fingerprint density at radius 3 is 2.92 bits per heavy atom. The Bertz CT molecular complexity index is 768. The first-order valence-corrected chi connectivity index (χ1v) is 9.16. The summed E-state index contributed by atoms with van der Waals surface area (Å²) in [6.45, 7) is 5.14. The van der Waals surface area contributed by atoms with Gasteiger partial charge in [-0.2, -0.15) is 0 Å². The van der Waals surface area contributed by atoms with Crippen molar-refractivity contribution in [2.75, 3.05) is 13.1 Å². The molecule has 0 radical (unpaired) electrons. The third-order valence-corrected chi connectivity index (χ3v) is 4.81. The Morgan fingerprint density at radius 2 is 2.16 bits per heavy atom. The van der Waals surface area contributed by atoms with Crippen LogP contribution < -0.4 is 5.32 Å². The molecule has 2 amide bonds. The first-order chi connectivity index (χ1) is 12.1. The molecule has 0 bridgehead atoms. The quantitative estimate of drug-likeness (QED) is 0.821. The highest BCUT2D eigenvalue weighted by atomic mass is 16.2. The second-order valence-electron chi connectivity index (χ2n) is 6.61. The highest BCUT2D eigenvalue weighted by Crippen LogP contribution is 2.32. The van der Waals surface area contributed by atoms with Crippen molar-refractivity contribution in [3.8, 4) is 0 Å². The van der Waals surface area contributed by atoms with Gasteiger partial charge in [0.2, 0.25) is 5.91 Å². The van der Waals surface area contributed by atoms with Gasteiger partial charge < -0.3 is 14.6 Å². The molecule has 1 atom stereocenters. The Hall–Kier alpha value is -2.37. The van der Waals surface area contributed by atoms with E-state index in [0.29, 0.717) is 12.2 Å². The first-order valence-electron chi connectivity index (χ1n) is 9.16. The zero-order valence-corrected chi connectivity index (χ0v) is 15.0. The van der Waals surface area contributed by atoms with E-state index in [9.17, 15) is 9.59 Å². The van der Waals surface area contributed by atoms with Gasteiger partial charge in [0.05, 0.1) is 11.6 Å². The number of fused-ring (bicyclic) bond motifs is 1. The van der Waals surface area contributed by atoms with Crippen molar-refractivity contribution in [2.45, 2.75) is 52.0 Å². The van der Waals surface area contributed by atoms with E-state index in [4.69, 9.17) is 0 Å². The number of imidazole rings is 1. The predicted molar refractivity (Wildman–Crippen MR) is 96.4 cm³/mol. The summed E-state index contributed by atoms with van der Waals surface area (Å²) in [5.74, 6) is 0.696. The smallest absolute Gasteiger partial charge is 0.272 e. The summed E-state index contributed by atoms with van der Waals surface area (Å²) in [6.07, 6.45) is 6.96. The van der Waals surface area contributed by atoms with Gasteiger partial charge in [0.15, 0.2) is 5.69 Å². The summed E-state index contributed by atoms with van der Waals surface area (Å²) in [4.78, 5) is 31.0. The molecule has 0 saturated carbocycles. The molecule has 1 aliphatic heterocycles. The Labute approximate surface area is 148 Å². The lowest BCUT2D eigenvalue weighted by Gasteiger charge is -2.22. The number of carbonyl (C=O) groups is 2. The number of unbranched alkanes of at least 4 members (excludes halogenated alkanes) is 2. The van der Waals surface area contributed by atoms with Crippen molar-refractivity contribution in [1.82, 2.24) is 19.6 Å². The molecule has 1 N–H and O–H groups in total. The van der Waals surface area contributed by atoms with E-state index >= 15 is 0 Å². The van der Waals surface area contributed by atoms with Crippen LogP contribution in [0, 0.1) is 0 Å². The predicted octanol–water partition coefficient (Wildman–Crippen LogP) is 2.94. The van der Waals surface area contributed by atoms with Gasteiger partial charge in [-0.15, -0.1) is 0 Å². The minimum Gasteiger partial charge on any atom is -0.351 e. The number of aromatic nitrogens is 2. The van der Waals surface area contributed by atoms with Crippen LogP contribution in [0.1, 0.15) is 68.3 Å². The van der Waals surface area contributed by atoms with Gasteiger partial charge in [-0.3, -0.25) is 9.59 Å². The van der Waals surface area contributed by atoms with Gasteiger partial charge in [0, 0.05) is 26.2 Å². The summed E-state index contributed by atoms with van der Waals surface area (Å²) in [7, 11) is 0. The third-order valence-electron chi connectivity index (χ3n) is 4.81. The molecule has 1 saturated heterocycles. The van der Waals surface area contributed by atoms with E-state index in [1.165, 1.54) is 0 Å². The van der Waals surface area contributed by atoms with Crippen LogP contribution in [-0.2, 0) is 4.79 Å². The fourth-order valence-corrected chi connectivity index (χ4v) is 3.54. The molecule has 2 aromatic heterocycles. The van der Waals surface area contributed by atoms with Crippen LogP contribution in [0.5, 0.6) is 0 Å². The number of carbonyl (C=O) groups excluding carboxylic acids is 2. The minimum absolute atomic E-state index is 0.0562. The van der Waals surface area contributed by atoms with Gasteiger partial charge >= 0.3 is 0 Å². The van der Waals surface area contributed by atoms with E-state index in [1.807, 2.05) is 33.7 Å². The molecule has 2 aromatic rings. The molecule has 6 heteroatoms. The number of pyridine rings is 1. The van der Waals surface area contributed by atoms with Crippen molar-refractivity contribution in [1.29, 1.82) is 0 Å². The molecule has 0 spiro atoms. The van der Waals surface area contributed by atoms with Crippen LogP contribution in [-0.4, -0.2) is 39.2 Å². The van der Waals surface area contributed by atoms with Crippen LogP contribution in [0.4, 0.5) is 0 Å². The molecular weight excluding hydrogens is 316 g/mol. The van der Waals surface area contributed by atoms with Crippen LogP contribution in [0.15, 0.2) is 24.4 Å². The van der Waals surface area contributed by atoms with E-state index in [1.54, 1.807) is 6.92 Å². The molecule has 0 aromatic carbocycles. The molecule has 134 valence electrons. The van der Waals surface area contributed by atoms with Crippen LogP contribution in [0.2, 0.25) is 0 Å². The van der Waals surface area contributed by atoms with Gasteiger partial charge in [0.1, 0.15) is 5.82 Å². The Kier molecular flexibility index (Phi) is 5.36. The molecule has 0 aliphatic carbocycles. The number of amides is 2. The number of hydrogen-bond acceptors (Lipinski definition) is 3. The summed E-state index contributed by atoms with van der Waals surface area (Å²) in [5.41, 5.74) is 1.24. The molecule has 3 rings (SSSR count). The van der Waals surface area contributed by atoms with Crippen LogP contribution in [0.25, 0.3) is 5.52 Å². The average molecular weight is 342 g/mol. The van der Waals surface area contributed by atoms with Crippen molar-refractivity contribution in [3.63, 3.8) is 0 Å². The first kappa shape index (κ1) is 17.5. The van der Waals surface area contributed by atoms with Crippen molar-refractivity contribution in [2.24, 2.45) is 0 Å². The molecule has 1 unspecified atom stereocenters. The van der Waals surface area contributed by atoms with E-state index < -0.39 is 0 Å². The lowest BCUT2D eigenvalue weighted by Crippen LogP contribution is -2.29. The molecule has 6 nitrogen and oxygen atoms in total. The van der Waals surface area contributed by atoms with E-state index in [0.717, 1.165) is 50.0 Å². The van der Waals surface area contributed by atoms with Crippen molar-refractivity contribution >= 4 is 17.3 Å². The summed E-state index contributed by atoms with van der Waals surface area (Å²) in [5, 5.41) is 2.97. The van der Waals surface area contributed by atoms with Gasteiger partial charge in [-0.05, 0) is 31.4 Å². The Morgan fingerprint density at radius 1 is 1.32 bits per heavy atom. The zero-order valence-electron chi connectivity index (χ0n) is 15.0. The maximum absolute atomic E-state index is 12.6. The van der Waals surface area contributed by atoms with Crippen molar-refractivity contribution in [3.05, 3.63) is 35.9 Å². The minimum atomic E-state index is -0.140. The normalized spacial score (nSPS) is 17.2. The van der Waals surface area contributed by atoms with Crippen LogP contribution >= 0.6 is 0 Å². The number of nitrogens with one attached hydrogen (secondary N) is 1. The van der Waals surface area contributed by atoms with E-state index in [2.05, 4.69) is 17.2 Å². The second-order valence-corrected chi connectivity index (χ2v) is 6.61. The maximum Gasteiger partial charge on any atom is 0.272 e. The topological polar surface area (TPSA) is 66.7 Å². The largest absolute Gasteiger partial charge is 0.351 e. The second kappa shape index (κ2) is 7.68. The summed E-state index contributed by atoms with van der Waals surface area (Å²) >= 11 is 0. The number of hydrogen-bond donors (Lipinski definition) is 1. The third kappa shape index (κ3) is 3.52. The number of likely N-dealkylation sites (tertiary alicyclic amines) is 1. The highest BCUT2D eigenvalue weighted by molar-refractivity contribution is 5.99. The Balaban J connectivity index is 1.90. The summed E-state index contributed by atoms with van der Waals surface area (Å²) in [6, 6.07) is 5.68. The number of nitrogens with zero attached hydrogens (tertiary/aromatic N) is 3. The lowest BCUT2D eigenvalue weighted by molar-refractivity contribution is -0.129. The molecular formula is C19H26N4O2. The van der Waals surface area contributed by atoms with E-state index in [-0.39, 0.29) is 17.9 Å². The fraction of sp³-hybridized carbons (Fsp3) is 0.526.